The summed E-state index contributed by atoms with van der Waals surface area (Å²) in [5.41, 5.74) is 0.793. The monoisotopic (exact) mass is 445 g/mol. The number of benzene rings is 1. The van der Waals surface area contributed by atoms with Crippen molar-refractivity contribution in [1.29, 1.82) is 0 Å². The first kappa shape index (κ1) is 21.1. The van der Waals surface area contributed by atoms with E-state index >= 15 is 0 Å². The highest BCUT2D eigenvalue weighted by molar-refractivity contribution is 8.01. The summed E-state index contributed by atoms with van der Waals surface area (Å²) in [6.07, 6.45) is 5.74. The quantitative estimate of drug-likeness (QED) is 0.686. The van der Waals surface area contributed by atoms with E-state index < -0.39 is 0 Å². The zero-order valence-corrected chi connectivity index (χ0v) is 18.6. The fourth-order valence-electron chi connectivity index (χ4n) is 3.96. The molecule has 1 N–H and O–H groups in total. The molecule has 4 rings (SSSR count). The number of carbonyl (C=O) groups excluding carboxylic acids is 2. The Labute approximate surface area is 185 Å². The van der Waals surface area contributed by atoms with Crippen molar-refractivity contribution in [3.8, 4) is 0 Å². The molecule has 0 bridgehead atoms. The van der Waals surface area contributed by atoms with E-state index in [-0.39, 0.29) is 11.8 Å². The number of thioether (sulfide) groups is 1. The minimum atomic E-state index is -0.0576. The van der Waals surface area contributed by atoms with Crippen LogP contribution in [0.3, 0.4) is 0 Å². The maximum Gasteiger partial charge on any atom is 0.234 e. The van der Waals surface area contributed by atoms with Crippen molar-refractivity contribution in [3.05, 3.63) is 30.3 Å². The standard InChI is InChI=1S/C21H27N5O2S2/c27-18(22-17-9-5-2-6-10-17)15-29-21-24-23-20(30-21)26-13-11-25(12-14-26)19(28)16-7-3-1-4-8-16/h2,5-6,9-10,16H,1,3-4,7-8,11-15H2,(H,22,27). The van der Waals surface area contributed by atoms with Crippen LogP contribution < -0.4 is 10.2 Å². The maximum atomic E-state index is 12.7. The number of hydrogen-bond donors (Lipinski definition) is 1. The third kappa shape index (κ3) is 5.51. The smallest absolute Gasteiger partial charge is 0.234 e. The average Bonchev–Trinajstić information content (AvgIpc) is 3.28. The lowest BCUT2D eigenvalue weighted by molar-refractivity contribution is -0.136. The number of carbonyl (C=O) groups is 2. The number of para-hydroxylation sites is 1. The van der Waals surface area contributed by atoms with Crippen LogP contribution in [0.1, 0.15) is 32.1 Å². The molecule has 0 spiro atoms. The lowest BCUT2D eigenvalue weighted by Gasteiger charge is -2.36. The zero-order valence-electron chi connectivity index (χ0n) is 17.0. The SMILES string of the molecule is O=C(CSc1nnc(N2CCN(C(=O)C3CCCCC3)CC2)s1)Nc1ccccc1. The van der Waals surface area contributed by atoms with Gasteiger partial charge in [0.05, 0.1) is 5.75 Å². The lowest BCUT2D eigenvalue weighted by atomic mass is 9.88. The van der Waals surface area contributed by atoms with Gasteiger partial charge in [-0.05, 0) is 25.0 Å². The molecule has 1 aliphatic heterocycles. The number of hydrogen-bond acceptors (Lipinski definition) is 7. The van der Waals surface area contributed by atoms with Crippen LogP contribution in [0, 0.1) is 5.92 Å². The van der Waals surface area contributed by atoms with Crippen molar-refractivity contribution >= 4 is 45.7 Å². The van der Waals surface area contributed by atoms with Gasteiger partial charge in [0.25, 0.3) is 0 Å². The summed E-state index contributed by atoms with van der Waals surface area (Å²) in [6.45, 7) is 3.06. The molecule has 1 saturated heterocycles. The van der Waals surface area contributed by atoms with E-state index in [4.69, 9.17) is 0 Å². The first-order chi connectivity index (χ1) is 14.7. The van der Waals surface area contributed by atoms with Crippen LogP contribution in [0.5, 0.6) is 0 Å². The second-order valence-electron chi connectivity index (χ2n) is 7.70. The predicted molar refractivity (Wildman–Crippen MR) is 121 cm³/mol. The predicted octanol–water partition coefficient (Wildman–Crippen LogP) is 3.50. The third-order valence-corrected chi connectivity index (χ3v) is 7.71. The fraction of sp³-hybridized carbons (Fsp3) is 0.524. The zero-order chi connectivity index (χ0) is 20.8. The lowest BCUT2D eigenvalue weighted by Crippen LogP contribution is -2.50. The number of amides is 2. The molecule has 0 atom stereocenters. The van der Waals surface area contributed by atoms with E-state index in [1.165, 1.54) is 42.4 Å². The van der Waals surface area contributed by atoms with Gasteiger partial charge in [-0.3, -0.25) is 9.59 Å². The molecule has 0 radical (unpaired) electrons. The number of rotatable bonds is 6. The Morgan fingerprint density at radius 1 is 1.03 bits per heavy atom. The van der Waals surface area contributed by atoms with E-state index in [2.05, 4.69) is 20.4 Å². The molecule has 2 heterocycles. The van der Waals surface area contributed by atoms with Crippen molar-refractivity contribution in [2.45, 2.75) is 36.4 Å². The van der Waals surface area contributed by atoms with Gasteiger partial charge in [0.1, 0.15) is 0 Å². The van der Waals surface area contributed by atoms with E-state index in [1.807, 2.05) is 35.2 Å². The molecule has 7 nitrogen and oxygen atoms in total. The molecule has 1 aromatic carbocycles. The van der Waals surface area contributed by atoms with Crippen molar-refractivity contribution in [2.75, 3.05) is 42.1 Å². The number of piperazine rings is 1. The Morgan fingerprint density at radius 2 is 1.77 bits per heavy atom. The second-order valence-corrected chi connectivity index (χ2v) is 9.88. The summed E-state index contributed by atoms with van der Waals surface area (Å²) < 4.78 is 0.786. The van der Waals surface area contributed by atoms with Gasteiger partial charge in [-0.2, -0.15) is 0 Å². The Hall–Kier alpha value is -2.13. The first-order valence-electron chi connectivity index (χ1n) is 10.5. The van der Waals surface area contributed by atoms with Crippen LogP contribution in [0.25, 0.3) is 0 Å². The Bertz CT molecular complexity index is 846. The molecule has 2 fully saturated rings. The van der Waals surface area contributed by atoms with Gasteiger partial charge in [0, 0.05) is 37.8 Å². The summed E-state index contributed by atoms with van der Waals surface area (Å²) in [7, 11) is 0. The van der Waals surface area contributed by atoms with E-state index in [0.717, 1.165) is 54.2 Å². The molecule has 1 saturated carbocycles. The summed E-state index contributed by atoms with van der Waals surface area (Å²) in [6, 6.07) is 9.43. The molecular formula is C21H27N5O2S2. The summed E-state index contributed by atoms with van der Waals surface area (Å²) >= 11 is 2.91. The molecule has 1 aromatic heterocycles. The van der Waals surface area contributed by atoms with Crippen molar-refractivity contribution < 1.29 is 9.59 Å². The van der Waals surface area contributed by atoms with E-state index in [9.17, 15) is 9.59 Å². The van der Waals surface area contributed by atoms with Crippen LogP contribution in [-0.4, -0.2) is 58.8 Å². The molecule has 2 aromatic rings. The van der Waals surface area contributed by atoms with Crippen LogP contribution in [0.4, 0.5) is 10.8 Å². The normalized spacial score (nSPS) is 17.7. The molecule has 1 aliphatic carbocycles. The van der Waals surface area contributed by atoms with E-state index in [0.29, 0.717) is 11.7 Å². The molecule has 30 heavy (non-hydrogen) atoms. The molecule has 9 heteroatoms. The fourth-order valence-corrected chi connectivity index (χ4v) is 5.65. The Kier molecular flexibility index (Phi) is 7.22. The largest absolute Gasteiger partial charge is 0.343 e. The topological polar surface area (TPSA) is 78.4 Å². The number of aromatic nitrogens is 2. The van der Waals surface area contributed by atoms with Gasteiger partial charge in [0.15, 0.2) is 4.34 Å². The van der Waals surface area contributed by atoms with Crippen molar-refractivity contribution in [3.63, 3.8) is 0 Å². The van der Waals surface area contributed by atoms with Crippen molar-refractivity contribution in [2.24, 2.45) is 5.92 Å². The number of anilines is 2. The van der Waals surface area contributed by atoms with Crippen LogP contribution in [-0.2, 0) is 9.59 Å². The average molecular weight is 446 g/mol. The Balaban J connectivity index is 1.22. The maximum absolute atomic E-state index is 12.7. The highest BCUT2D eigenvalue weighted by atomic mass is 32.2. The van der Waals surface area contributed by atoms with Gasteiger partial charge in [-0.1, -0.05) is 60.6 Å². The van der Waals surface area contributed by atoms with E-state index in [1.54, 1.807) is 0 Å². The highest BCUT2D eigenvalue weighted by Crippen LogP contribution is 2.30. The summed E-state index contributed by atoms with van der Waals surface area (Å²) in [5, 5.41) is 12.3. The molecule has 2 amide bonds. The van der Waals surface area contributed by atoms with Crippen LogP contribution >= 0.6 is 23.1 Å². The van der Waals surface area contributed by atoms with Gasteiger partial charge in [-0.25, -0.2) is 0 Å². The molecule has 160 valence electrons. The minimum Gasteiger partial charge on any atom is -0.343 e. The Morgan fingerprint density at radius 3 is 2.50 bits per heavy atom. The van der Waals surface area contributed by atoms with Gasteiger partial charge in [0.2, 0.25) is 16.9 Å². The summed E-state index contributed by atoms with van der Waals surface area (Å²) in [5.74, 6) is 0.814. The highest BCUT2D eigenvalue weighted by Gasteiger charge is 2.29. The number of nitrogens with zero attached hydrogens (tertiary/aromatic N) is 4. The first-order valence-corrected chi connectivity index (χ1v) is 12.3. The van der Waals surface area contributed by atoms with Gasteiger partial charge in [-0.15, -0.1) is 10.2 Å². The van der Waals surface area contributed by atoms with Crippen LogP contribution in [0.15, 0.2) is 34.7 Å². The number of nitrogens with one attached hydrogen (secondary N) is 1. The molecule has 2 aliphatic rings. The van der Waals surface area contributed by atoms with Gasteiger partial charge < -0.3 is 15.1 Å². The second kappa shape index (κ2) is 10.3. The minimum absolute atomic E-state index is 0.0576. The van der Waals surface area contributed by atoms with Crippen LogP contribution in [0.2, 0.25) is 0 Å². The molecular weight excluding hydrogens is 418 g/mol. The molecule has 0 unspecified atom stereocenters. The van der Waals surface area contributed by atoms with Crippen molar-refractivity contribution in [1.82, 2.24) is 15.1 Å². The summed E-state index contributed by atoms with van der Waals surface area (Å²) in [4.78, 5) is 29.0. The third-order valence-electron chi connectivity index (χ3n) is 5.60. The van der Waals surface area contributed by atoms with Gasteiger partial charge >= 0.3 is 0 Å².